The summed E-state index contributed by atoms with van der Waals surface area (Å²) in [5.41, 5.74) is 17.8. The minimum absolute atomic E-state index is 0.155. The van der Waals surface area contributed by atoms with Crippen molar-refractivity contribution in [3.8, 4) is 11.1 Å². The molecule has 4 atom stereocenters. The lowest BCUT2D eigenvalue weighted by Gasteiger charge is -2.40. The van der Waals surface area contributed by atoms with Crippen LogP contribution in [-0.2, 0) is 18.3 Å². The fourth-order valence-corrected chi connectivity index (χ4v) is 12.9. The third-order valence-corrected chi connectivity index (χ3v) is 15.4. The lowest BCUT2D eigenvalue weighted by atomic mass is 9.61. The molecule has 0 N–H and O–H groups in total. The Labute approximate surface area is 363 Å². The van der Waals surface area contributed by atoms with Gasteiger partial charge >= 0.3 is 0 Å². The van der Waals surface area contributed by atoms with Crippen LogP contribution in [0, 0.1) is 11.8 Å². The Morgan fingerprint density at radius 2 is 1.08 bits per heavy atom. The molecule has 2 unspecified atom stereocenters. The van der Waals surface area contributed by atoms with Gasteiger partial charge in [0.2, 0.25) is 0 Å². The van der Waals surface area contributed by atoms with Crippen molar-refractivity contribution in [3.63, 3.8) is 0 Å². The Morgan fingerprint density at radius 1 is 0.508 bits per heavy atom. The van der Waals surface area contributed by atoms with E-state index in [2.05, 4.69) is 219 Å². The molecule has 0 saturated carbocycles. The van der Waals surface area contributed by atoms with E-state index in [0.717, 1.165) is 12.8 Å². The molecule has 9 aromatic rings. The van der Waals surface area contributed by atoms with Gasteiger partial charge in [-0.3, -0.25) is 0 Å². The van der Waals surface area contributed by atoms with Gasteiger partial charge in [-0.2, -0.15) is 0 Å². The quantitative estimate of drug-likeness (QED) is 0.151. The lowest BCUT2D eigenvalue weighted by Crippen LogP contribution is -2.34. The molecule has 0 nitrogen and oxygen atoms in total. The van der Waals surface area contributed by atoms with Crippen LogP contribution < -0.4 is 0 Å². The van der Waals surface area contributed by atoms with Crippen molar-refractivity contribution < 1.29 is 0 Å². The molecule has 1 heterocycles. The fourth-order valence-electron chi connectivity index (χ4n) is 11.7. The van der Waals surface area contributed by atoms with Crippen LogP contribution in [0.1, 0.15) is 80.0 Å². The Hall–Kier alpha value is -6.54. The first kappa shape index (κ1) is 36.3. The minimum Gasteiger partial charge on any atom is -0.135 e. The maximum Gasteiger partial charge on any atom is 0.0719 e. The van der Waals surface area contributed by atoms with Crippen molar-refractivity contribution >= 4 is 31.5 Å². The highest BCUT2D eigenvalue weighted by Crippen LogP contribution is 2.59. The van der Waals surface area contributed by atoms with Crippen LogP contribution in [-0.4, -0.2) is 0 Å². The van der Waals surface area contributed by atoms with Gasteiger partial charge in [0.1, 0.15) is 0 Å². The fraction of sp³-hybridized carbons (Fsp3) is 0.133. The zero-order chi connectivity index (χ0) is 40.5. The van der Waals surface area contributed by atoms with Crippen molar-refractivity contribution in [2.45, 2.75) is 37.0 Å². The molecule has 61 heavy (non-hydrogen) atoms. The Balaban J connectivity index is 1.05. The third-order valence-electron chi connectivity index (χ3n) is 14.3. The lowest BCUT2D eigenvalue weighted by molar-refractivity contribution is 0.457. The summed E-state index contributed by atoms with van der Waals surface area (Å²) in [6.45, 7) is 2.38. The van der Waals surface area contributed by atoms with E-state index in [1.54, 1.807) is 0 Å². The van der Waals surface area contributed by atoms with Gasteiger partial charge in [0.15, 0.2) is 0 Å². The predicted octanol–water partition coefficient (Wildman–Crippen LogP) is 15.2. The molecule has 0 aliphatic heterocycles. The smallest absolute Gasteiger partial charge is 0.0719 e. The van der Waals surface area contributed by atoms with Gasteiger partial charge in [-0.25, -0.2) is 0 Å². The second-order valence-corrected chi connectivity index (χ2v) is 18.6. The molecule has 0 fully saturated rings. The van der Waals surface area contributed by atoms with Crippen LogP contribution >= 0.6 is 11.3 Å². The highest BCUT2D eigenvalue weighted by molar-refractivity contribution is 7.25. The van der Waals surface area contributed by atoms with E-state index < -0.39 is 0 Å². The monoisotopic (exact) mass is 798 g/mol. The second-order valence-electron chi connectivity index (χ2n) is 17.5. The van der Waals surface area contributed by atoms with E-state index in [-0.39, 0.29) is 17.3 Å². The number of allylic oxidation sites excluding steroid dienone is 4. The van der Waals surface area contributed by atoms with Crippen molar-refractivity contribution in [1.29, 1.82) is 0 Å². The van der Waals surface area contributed by atoms with Crippen molar-refractivity contribution in [1.82, 2.24) is 0 Å². The molecule has 1 spiro atoms. The molecule has 0 amide bonds. The number of benzene rings is 8. The molecule has 0 saturated heterocycles. The van der Waals surface area contributed by atoms with Crippen LogP contribution in [0.15, 0.2) is 212 Å². The summed E-state index contributed by atoms with van der Waals surface area (Å²) in [6, 6.07) is 71.8. The molecule has 292 valence electrons. The maximum absolute atomic E-state index is 2.55. The Morgan fingerprint density at radius 3 is 1.79 bits per heavy atom. The van der Waals surface area contributed by atoms with Crippen LogP contribution in [0.4, 0.5) is 0 Å². The predicted molar refractivity (Wildman–Crippen MR) is 257 cm³/mol. The third kappa shape index (κ3) is 5.64. The Bertz CT molecular complexity index is 3130. The second kappa shape index (κ2) is 14.6. The van der Waals surface area contributed by atoms with Gasteiger partial charge in [-0.1, -0.05) is 207 Å². The summed E-state index contributed by atoms with van der Waals surface area (Å²) in [7, 11) is 0. The first-order valence-corrected chi connectivity index (χ1v) is 22.8. The van der Waals surface area contributed by atoms with Gasteiger partial charge in [0, 0.05) is 32.0 Å². The van der Waals surface area contributed by atoms with Crippen molar-refractivity contribution in [2.75, 3.05) is 0 Å². The maximum atomic E-state index is 2.55. The molecular weight excluding hydrogens is 753 g/mol. The van der Waals surface area contributed by atoms with Crippen LogP contribution in [0.3, 0.4) is 0 Å². The van der Waals surface area contributed by atoms with Gasteiger partial charge in [0.05, 0.1) is 5.41 Å². The van der Waals surface area contributed by atoms with Crippen molar-refractivity contribution in [3.05, 3.63) is 274 Å². The first-order chi connectivity index (χ1) is 30.2. The van der Waals surface area contributed by atoms with Gasteiger partial charge < -0.3 is 0 Å². The highest BCUT2D eigenvalue weighted by atomic mass is 32.1. The average molecular weight is 799 g/mol. The standard InChI is InChI=1S/C60H46S/c1-39-18-8-11-25-45(39)57(42-21-6-3-7-22-42)48-28-17-33-56-59(48)58-47(27-16-32-55(58)61-56)49(41-19-4-2-5-20-41)36-40-34-35-54-50(37-40)46-26-12-15-31-53(46)60(54)51-29-13-9-23-43(51)38-44-24-10-14-30-52(44)60/h2-35,37,39,45,49,57H,36,38H2,1H3/t39?,45?,49-,57-/m1/s1. The van der Waals surface area contributed by atoms with Crippen LogP contribution in [0.5, 0.6) is 0 Å². The van der Waals surface area contributed by atoms with Crippen LogP contribution in [0.25, 0.3) is 31.3 Å². The SMILES string of the molecule is CC1C=CC=CC1[C@@H](c1ccccc1)c1cccc2sc3cccc([C@H](Cc4ccc5c(c4)-c4ccccc4C54c5ccccc5Cc5ccccc54)c4ccccc4)c3c12. The first-order valence-electron chi connectivity index (χ1n) is 22.0. The molecule has 12 rings (SSSR count). The number of thiophene rings is 1. The summed E-state index contributed by atoms with van der Waals surface area (Å²) < 4.78 is 2.72. The molecule has 0 bridgehead atoms. The Kier molecular flexibility index (Phi) is 8.68. The molecular formula is C60H46S. The highest BCUT2D eigenvalue weighted by Gasteiger charge is 2.49. The van der Waals surface area contributed by atoms with E-state index in [0.29, 0.717) is 11.8 Å². The molecule has 3 aliphatic rings. The topological polar surface area (TPSA) is 0 Å². The number of rotatable bonds is 7. The van der Waals surface area contributed by atoms with Crippen LogP contribution in [0.2, 0.25) is 0 Å². The van der Waals surface area contributed by atoms with Gasteiger partial charge in [-0.15, -0.1) is 11.3 Å². The summed E-state index contributed by atoms with van der Waals surface area (Å²) in [5, 5.41) is 2.83. The number of hydrogen-bond acceptors (Lipinski definition) is 1. The van der Waals surface area contributed by atoms with E-state index in [4.69, 9.17) is 0 Å². The molecule has 3 aliphatic carbocycles. The van der Waals surface area contributed by atoms with E-state index >= 15 is 0 Å². The molecule has 1 aromatic heterocycles. The van der Waals surface area contributed by atoms with E-state index in [9.17, 15) is 0 Å². The molecule has 0 radical (unpaired) electrons. The molecule has 8 aromatic carbocycles. The minimum atomic E-state index is -0.345. The number of fused-ring (bicyclic) bond motifs is 12. The van der Waals surface area contributed by atoms with E-state index in [1.807, 2.05) is 11.3 Å². The van der Waals surface area contributed by atoms with Gasteiger partial charge in [-0.05, 0) is 109 Å². The zero-order valence-corrected chi connectivity index (χ0v) is 35.2. The summed E-state index contributed by atoms with van der Waals surface area (Å²) in [4.78, 5) is 0. The summed E-state index contributed by atoms with van der Waals surface area (Å²) in [5.74, 6) is 1.15. The normalized spacial score (nSPS) is 17.8. The zero-order valence-electron chi connectivity index (χ0n) is 34.3. The largest absolute Gasteiger partial charge is 0.135 e. The van der Waals surface area contributed by atoms with E-state index in [1.165, 1.54) is 92.5 Å². The summed E-state index contributed by atoms with van der Waals surface area (Å²) >= 11 is 1.95. The average Bonchev–Trinajstić information content (AvgIpc) is 3.84. The molecule has 1 heteroatoms. The van der Waals surface area contributed by atoms with Crippen molar-refractivity contribution in [2.24, 2.45) is 11.8 Å². The summed E-state index contributed by atoms with van der Waals surface area (Å²) in [6.07, 6.45) is 11.2. The van der Waals surface area contributed by atoms with Gasteiger partial charge in [0.25, 0.3) is 0 Å². The number of hydrogen-bond donors (Lipinski definition) is 0.